The van der Waals surface area contributed by atoms with Crippen molar-refractivity contribution in [2.45, 2.75) is 33.1 Å². The number of rotatable bonds is 5. The number of hydrogen-bond donors (Lipinski definition) is 2. The summed E-state index contributed by atoms with van der Waals surface area (Å²) in [6.45, 7) is 8.36. The molecule has 0 aliphatic rings. The molecule has 1 aromatic carbocycles. The van der Waals surface area contributed by atoms with E-state index in [4.69, 9.17) is 0 Å². The van der Waals surface area contributed by atoms with E-state index >= 15 is 0 Å². The average Bonchev–Trinajstić information content (AvgIpc) is 2.38. The van der Waals surface area contributed by atoms with Gasteiger partial charge in [0, 0.05) is 20.1 Å². The Bertz CT molecular complexity index is 391. The van der Waals surface area contributed by atoms with Gasteiger partial charge in [0.25, 0.3) is 0 Å². The van der Waals surface area contributed by atoms with Gasteiger partial charge in [0.2, 0.25) is 0 Å². The molecule has 0 fully saturated rings. The molecule has 0 aliphatic heterocycles. The zero-order valence-electron chi connectivity index (χ0n) is 12.4. The van der Waals surface area contributed by atoms with E-state index in [1.807, 2.05) is 7.05 Å². The van der Waals surface area contributed by atoms with Crippen molar-refractivity contribution < 1.29 is 0 Å². The van der Waals surface area contributed by atoms with Gasteiger partial charge in [-0.3, -0.25) is 4.99 Å². The quantitative estimate of drug-likeness (QED) is 0.471. The third kappa shape index (κ3) is 6.80. The Morgan fingerprint density at radius 2 is 2.05 bits per heavy atom. The van der Waals surface area contributed by atoms with Gasteiger partial charge in [0.1, 0.15) is 0 Å². The van der Waals surface area contributed by atoms with E-state index in [0.29, 0.717) is 5.92 Å². The summed E-state index contributed by atoms with van der Waals surface area (Å²) in [6.07, 6.45) is 1.11. The molecular weight excluding hydrogens is 349 g/mol. The minimum Gasteiger partial charge on any atom is -0.356 e. The van der Waals surface area contributed by atoms with Gasteiger partial charge in [-0.2, -0.15) is 0 Å². The number of nitrogens with zero attached hydrogens (tertiary/aromatic N) is 1. The molecule has 0 bridgehead atoms. The number of halogens is 1. The van der Waals surface area contributed by atoms with Gasteiger partial charge in [0.15, 0.2) is 5.96 Å². The number of guanidine groups is 1. The molecule has 0 aliphatic carbocycles. The van der Waals surface area contributed by atoms with Gasteiger partial charge in [-0.15, -0.1) is 24.0 Å². The molecule has 19 heavy (non-hydrogen) atoms. The first-order valence-corrected chi connectivity index (χ1v) is 6.68. The lowest BCUT2D eigenvalue weighted by Gasteiger charge is -2.16. The fraction of sp³-hybridized carbons (Fsp3) is 0.533. The summed E-state index contributed by atoms with van der Waals surface area (Å²) in [7, 11) is 1.81. The first-order chi connectivity index (χ1) is 8.67. The van der Waals surface area contributed by atoms with Crippen molar-refractivity contribution in [1.82, 2.24) is 10.6 Å². The van der Waals surface area contributed by atoms with Crippen LogP contribution >= 0.6 is 24.0 Å². The van der Waals surface area contributed by atoms with Crippen molar-refractivity contribution in [3.05, 3.63) is 35.4 Å². The lowest BCUT2D eigenvalue weighted by molar-refractivity contribution is 0.695. The highest BCUT2D eigenvalue weighted by atomic mass is 127. The van der Waals surface area contributed by atoms with Crippen LogP contribution in [-0.2, 0) is 0 Å². The van der Waals surface area contributed by atoms with E-state index in [9.17, 15) is 0 Å². The monoisotopic (exact) mass is 375 g/mol. The fourth-order valence-corrected chi connectivity index (χ4v) is 1.81. The van der Waals surface area contributed by atoms with Gasteiger partial charge >= 0.3 is 0 Å². The molecule has 3 nitrogen and oxygen atoms in total. The second-order valence-corrected chi connectivity index (χ2v) is 4.70. The Kier molecular flexibility index (Phi) is 9.65. The first-order valence-electron chi connectivity index (χ1n) is 6.68. The van der Waals surface area contributed by atoms with E-state index in [1.54, 1.807) is 0 Å². The third-order valence-electron chi connectivity index (χ3n) is 2.95. The van der Waals surface area contributed by atoms with Crippen molar-refractivity contribution in [3.8, 4) is 0 Å². The predicted octanol–water partition coefficient (Wildman–Crippen LogP) is 3.29. The molecular formula is C15H26IN3. The summed E-state index contributed by atoms with van der Waals surface area (Å²) in [5.41, 5.74) is 2.68. The highest BCUT2D eigenvalue weighted by Gasteiger charge is 2.06. The molecule has 108 valence electrons. The topological polar surface area (TPSA) is 36.4 Å². The van der Waals surface area contributed by atoms with Crippen molar-refractivity contribution in [3.63, 3.8) is 0 Å². The van der Waals surface area contributed by atoms with Crippen LogP contribution in [0.15, 0.2) is 29.3 Å². The lowest BCUT2D eigenvalue weighted by atomic mass is 9.99. The maximum Gasteiger partial charge on any atom is 0.190 e. The van der Waals surface area contributed by atoms with E-state index in [2.05, 4.69) is 60.7 Å². The molecule has 1 rings (SSSR count). The molecule has 1 atom stereocenters. The van der Waals surface area contributed by atoms with Gasteiger partial charge in [-0.25, -0.2) is 0 Å². The van der Waals surface area contributed by atoms with Gasteiger partial charge in [-0.1, -0.05) is 43.7 Å². The van der Waals surface area contributed by atoms with E-state index in [1.165, 1.54) is 11.1 Å². The van der Waals surface area contributed by atoms with Crippen LogP contribution in [0.25, 0.3) is 0 Å². The van der Waals surface area contributed by atoms with Gasteiger partial charge < -0.3 is 10.6 Å². The van der Waals surface area contributed by atoms with E-state index < -0.39 is 0 Å². The van der Waals surface area contributed by atoms with Crippen LogP contribution in [0.5, 0.6) is 0 Å². The smallest absolute Gasteiger partial charge is 0.190 e. The minimum absolute atomic E-state index is 0. The SMILES string of the molecule is CCCNC(=NC)NCC(C)c1cccc(C)c1.I. The summed E-state index contributed by atoms with van der Waals surface area (Å²) < 4.78 is 0. The molecule has 1 aromatic rings. The van der Waals surface area contributed by atoms with Crippen molar-refractivity contribution in [1.29, 1.82) is 0 Å². The molecule has 0 spiro atoms. The summed E-state index contributed by atoms with van der Waals surface area (Å²) >= 11 is 0. The molecule has 0 radical (unpaired) electrons. The Morgan fingerprint density at radius 1 is 1.32 bits per heavy atom. The Hall–Kier alpha value is -0.780. The molecule has 2 N–H and O–H groups in total. The standard InChI is InChI=1S/C15H25N3.HI/c1-5-9-17-15(16-4)18-11-13(3)14-8-6-7-12(2)10-14;/h6-8,10,13H,5,9,11H2,1-4H3,(H2,16,17,18);1H. The van der Waals surface area contributed by atoms with Crippen LogP contribution < -0.4 is 10.6 Å². The molecule has 0 saturated heterocycles. The fourth-order valence-electron chi connectivity index (χ4n) is 1.81. The Morgan fingerprint density at radius 3 is 2.63 bits per heavy atom. The van der Waals surface area contributed by atoms with Crippen molar-refractivity contribution in [2.75, 3.05) is 20.1 Å². The number of aryl methyl sites for hydroxylation is 1. The van der Waals surface area contributed by atoms with Crippen LogP contribution in [0.1, 0.15) is 37.3 Å². The van der Waals surface area contributed by atoms with Crippen LogP contribution in [0.3, 0.4) is 0 Å². The molecule has 0 saturated carbocycles. The average molecular weight is 375 g/mol. The van der Waals surface area contributed by atoms with Crippen LogP contribution in [0.4, 0.5) is 0 Å². The number of hydrogen-bond acceptors (Lipinski definition) is 1. The minimum atomic E-state index is 0. The maximum atomic E-state index is 4.20. The Labute approximate surface area is 134 Å². The number of nitrogens with one attached hydrogen (secondary N) is 2. The van der Waals surface area contributed by atoms with Gasteiger partial charge in [-0.05, 0) is 24.8 Å². The van der Waals surface area contributed by atoms with Crippen LogP contribution in [-0.4, -0.2) is 26.1 Å². The van der Waals surface area contributed by atoms with Crippen molar-refractivity contribution >= 4 is 29.9 Å². The molecule has 0 amide bonds. The summed E-state index contributed by atoms with van der Waals surface area (Å²) in [5.74, 6) is 1.36. The molecule has 0 heterocycles. The second-order valence-electron chi connectivity index (χ2n) is 4.70. The maximum absolute atomic E-state index is 4.20. The van der Waals surface area contributed by atoms with Crippen LogP contribution in [0, 0.1) is 6.92 Å². The Balaban J connectivity index is 0.00000324. The summed E-state index contributed by atoms with van der Waals surface area (Å²) in [6, 6.07) is 8.67. The third-order valence-corrected chi connectivity index (χ3v) is 2.95. The van der Waals surface area contributed by atoms with E-state index in [-0.39, 0.29) is 24.0 Å². The predicted molar refractivity (Wildman–Crippen MR) is 94.7 cm³/mol. The number of benzene rings is 1. The largest absolute Gasteiger partial charge is 0.356 e. The molecule has 0 aromatic heterocycles. The summed E-state index contributed by atoms with van der Waals surface area (Å²) in [4.78, 5) is 4.20. The number of aliphatic imine (C=N–C) groups is 1. The van der Waals surface area contributed by atoms with Crippen molar-refractivity contribution in [2.24, 2.45) is 4.99 Å². The normalized spacial score (nSPS) is 12.5. The summed E-state index contributed by atoms with van der Waals surface area (Å²) in [5, 5.41) is 6.64. The molecule has 4 heteroatoms. The zero-order chi connectivity index (χ0) is 13.4. The zero-order valence-corrected chi connectivity index (χ0v) is 14.7. The highest BCUT2D eigenvalue weighted by Crippen LogP contribution is 2.15. The highest BCUT2D eigenvalue weighted by molar-refractivity contribution is 14.0. The lowest BCUT2D eigenvalue weighted by Crippen LogP contribution is -2.39. The van der Waals surface area contributed by atoms with Crippen LogP contribution in [0.2, 0.25) is 0 Å². The molecule has 1 unspecified atom stereocenters. The second kappa shape index (κ2) is 10.1. The first kappa shape index (κ1) is 18.2. The van der Waals surface area contributed by atoms with E-state index in [0.717, 1.165) is 25.5 Å². The van der Waals surface area contributed by atoms with Gasteiger partial charge in [0.05, 0.1) is 0 Å².